The molecule has 0 fully saturated rings. The second-order valence-electron chi connectivity index (χ2n) is 3.64. The molecule has 7 heteroatoms. The molecule has 0 aromatic carbocycles. The third-order valence-electron chi connectivity index (χ3n) is 2.08. The molecule has 2 unspecified atom stereocenters. The molecule has 0 aliphatic carbocycles. The minimum absolute atomic E-state index is 0.156. The highest BCUT2D eigenvalue weighted by Crippen LogP contribution is 2.23. The molecule has 0 radical (unpaired) electrons. The Morgan fingerprint density at radius 2 is 2.38 bits per heavy atom. The van der Waals surface area contributed by atoms with Gasteiger partial charge in [0.15, 0.2) is 0 Å². The van der Waals surface area contributed by atoms with Crippen LogP contribution in [0.3, 0.4) is 0 Å². The number of carbonyl (C=O) groups excluding carboxylic acids is 1. The molecule has 1 aliphatic rings. The molecule has 1 rings (SSSR count). The number of carboxylic acid groups (broad SMARTS) is 1. The van der Waals surface area contributed by atoms with Crippen LogP contribution in [0, 0.1) is 0 Å². The van der Waals surface area contributed by atoms with E-state index in [2.05, 4.69) is 14.8 Å². The van der Waals surface area contributed by atoms with E-state index in [1.165, 1.54) is 19.1 Å². The number of amides is 1. The fraction of sp³-hybridized carbons (Fsp3) is 0.556. The summed E-state index contributed by atoms with van der Waals surface area (Å²) in [6.45, 7) is 1.85. The van der Waals surface area contributed by atoms with Gasteiger partial charge >= 0.3 is 5.97 Å². The van der Waals surface area contributed by atoms with Gasteiger partial charge in [-0.1, -0.05) is 18.0 Å². The Balaban J connectivity index is 2.46. The van der Waals surface area contributed by atoms with E-state index >= 15 is 0 Å². The number of hydrogen-bond donors (Lipinski definition) is 3. The van der Waals surface area contributed by atoms with Crippen molar-refractivity contribution < 1.29 is 19.4 Å². The first-order chi connectivity index (χ1) is 7.47. The standard InChI is InChI=1S/C9H14N2O4S/c1-9(3-4-16-11-9)5-6(12)10-7(15-2)8(13)14/h3-4,7,11H,5H2,1-2H3,(H,10,12)(H,13,14). The highest BCUT2D eigenvalue weighted by Gasteiger charge is 2.29. The van der Waals surface area contributed by atoms with Gasteiger partial charge in [-0.05, 0) is 12.3 Å². The van der Waals surface area contributed by atoms with Crippen LogP contribution in [0.5, 0.6) is 0 Å². The summed E-state index contributed by atoms with van der Waals surface area (Å²) in [5.41, 5.74) is -0.439. The zero-order valence-corrected chi connectivity index (χ0v) is 9.84. The van der Waals surface area contributed by atoms with Crippen LogP contribution in [0.4, 0.5) is 0 Å². The van der Waals surface area contributed by atoms with Crippen LogP contribution in [0.2, 0.25) is 0 Å². The van der Waals surface area contributed by atoms with Gasteiger partial charge < -0.3 is 15.2 Å². The summed E-state index contributed by atoms with van der Waals surface area (Å²) < 4.78 is 7.65. The number of ether oxygens (including phenoxy) is 1. The molecule has 0 saturated carbocycles. The number of methoxy groups -OCH3 is 1. The normalized spacial score (nSPS) is 25.4. The maximum absolute atomic E-state index is 11.5. The second-order valence-corrected chi connectivity index (χ2v) is 4.35. The zero-order chi connectivity index (χ0) is 12.2. The molecule has 3 N–H and O–H groups in total. The molecular weight excluding hydrogens is 232 g/mol. The van der Waals surface area contributed by atoms with Crippen LogP contribution < -0.4 is 10.0 Å². The van der Waals surface area contributed by atoms with E-state index in [0.29, 0.717) is 0 Å². The van der Waals surface area contributed by atoms with Crippen molar-refractivity contribution in [2.24, 2.45) is 0 Å². The smallest absolute Gasteiger partial charge is 0.354 e. The van der Waals surface area contributed by atoms with Gasteiger partial charge in [0.2, 0.25) is 12.1 Å². The quantitative estimate of drug-likeness (QED) is 0.470. The lowest BCUT2D eigenvalue weighted by Gasteiger charge is -2.22. The summed E-state index contributed by atoms with van der Waals surface area (Å²) in [6.07, 6.45) is 0.720. The molecule has 0 spiro atoms. The lowest BCUT2D eigenvalue weighted by atomic mass is 9.99. The lowest BCUT2D eigenvalue weighted by Crippen LogP contribution is -2.46. The monoisotopic (exact) mass is 246 g/mol. The number of nitrogens with one attached hydrogen (secondary N) is 2. The van der Waals surface area contributed by atoms with Gasteiger partial charge in [0.1, 0.15) is 0 Å². The van der Waals surface area contributed by atoms with Crippen LogP contribution in [0.25, 0.3) is 0 Å². The highest BCUT2D eigenvalue weighted by molar-refractivity contribution is 8.00. The van der Waals surface area contributed by atoms with E-state index in [-0.39, 0.29) is 12.3 Å². The maximum atomic E-state index is 11.5. The number of hydrogen-bond acceptors (Lipinski definition) is 5. The Morgan fingerprint density at radius 1 is 1.69 bits per heavy atom. The summed E-state index contributed by atoms with van der Waals surface area (Å²) in [4.78, 5) is 22.2. The van der Waals surface area contributed by atoms with Crippen LogP contribution in [0.1, 0.15) is 13.3 Å². The van der Waals surface area contributed by atoms with Gasteiger partial charge in [0.25, 0.3) is 0 Å². The summed E-state index contributed by atoms with van der Waals surface area (Å²) in [7, 11) is 1.23. The van der Waals surface area contributed by atoms with Crippen molar-refractivity contribution in [2.45, 2.75) is 25.1 Å². The van der Waals surface area contributed by atoms with Crippen molar-refractivity contribution in [1.82, 2.24) is 10.0 Å². The van der Waals surface area contributed by atoms with Gasteiger partial charge in [-0.25, -0.2) is 4.79 Å². The van der Waals surface area contributed by atoms with E-state index in [1.54, 1.807) is 0 Å². The molecule has 1 heterocycles. The Bertz CT molecular complexity index is 321. The zero-order valence-electron chi connectivity index (χ0n) is 9.02. The predicted octanol–water partition coefficient (Wildman–Crippen LogP) is 0.0736. The van der Waals surface area contributed by atoms with Crippen molar-refractivity contribution in [3.05, 3.63) is 11.5 Å². The molecule has 0 aromatic rings. The number of carboxylic acids is 1. The fourth-order valence-electron chi connectivity index (χ4n) is 1.23. The largest absolute Gasteiger partial charge is 0.478 e. The van der Waals surface area contributed by atoms with Crippen molar-refractivity contribution in [3.63, 3.8) is 0 Å². The van der Waals surface area contributed by atoms with Crippen molar-refractivity contribution >= 4 is 23.8 Å². The Kier molecular flexibility index (Phi) is 4.34. The van der Waals surface area contributed by atoms with Crippen LogP contribution in [0.15, 0.2) is 11.5 Å². The maximum Gasteiger partial charge on any atom is 0.354 e. The minimum Gasteiger partial charge on any atom is -0.478 e. The molecule has 2 atom stereocenters. The third kappa shape index (κ3) is 3.51. The first kappa shape index (κ1) is 13.0. The Morgan fingerprint density at radius 3 is 2.81 bits per heavy atom. The molecule has 0 saturated heterocycles. The first-order valence-corrected chi connectivity index (χ1v) is 5.50. The van der Waals surface area contributed by atoms with E-state index < -0.39 is 17.7 Å². The topological polar surface area (TPSA) is 87.7 Å². The number of rotatable bonds is 5. The van der Waals surface area contributed by atoms with Gasteiger partial charge in [0, 0.05) is 13.5 Å². The average Bonchev–Trinajstić information content (AvgIpc) is 2.60. The molecule has 0 bridgehead atoms. The first-order valence-electron chi connectivity index (χ1n) is 4.62. The Hall–Kier alpha value is -1.05. The van der Waals surface area contributed by atoms with E-state index in [4.69, 9.17) is 5.11 Å². The summed E-state index contributed by atoms with van der Waals surface area (Å²) >= 11 is 1.40. The fourth-order valence-corrected chi connectivity index (χ4v) is 2.08. The molecular formula is C9H14N2O4S. The molecule has 1 aliphatic heterocycles. The minimum atomic E-state index is -1.30. The summed E-state index contributed by atoms with van der Waals surface area (Å²) in [5.74, 6) is -1.60. The number of aliphatic carboxylic acids is 1. The van der Waals surface area contributed by atoms with E-state index in [0.717, 1.165) is 0 Å². The van der Waals surface area contributed by atoms with Gasteiger partial charge in [0.05, 0.1) is 5.54 Å². The van der Waals surface area contributed by atoms with E-state index in [9.17, 15) is 9.59 Å². The average molecular weight is 246 g/mol. The van der Waals surface area contributed by atoms with Crippen molar-refractivity contribution in [2.75, 3.05) is 7.11 Å². The predicted molar refractivity (Wildman–Crippen MR) is 59.5 cm³/mol. The summed E-state index contributed by atoms with van der Waals surface area (Å²) in [6, 6.07) is 0. The van der Waals surface area contributed by atoms with Gasteiger partial charge in [-0.3, -0.25) is 9.52 Å². The van der Waals surface area contributed by atoms with Crippen LogP contribution in [-0.2, 0) is 14.3 Å². The van der Waals surface area contributed by atoms with Crippen LogP contribution in [-0.4, -0.2) is 35.9 Å². The van der Waals surface area contributed by atoms with Crippen molar-refractivity contribution in [3.8, 4) is 0 Å². The van der Waals surface area contributed by atoms with Crippen LogP contribution >= 0.6 is 11.9 Å². The SMILES string of the molecule is COC(NC(=O)CC1(C)C=CSN1)C(=O)O. The molecule has 90 valence electrons. The summed E-state index contributed by atoms with van der Waals surface area (Å²) in [5, 5.41) is 12.8. The Labute approximate surface area is 97.6 Å². The molecule has 0 aromatic heterocycles. The lowest BCUT2D eigenvalue weighted by molar-refractivity contribution is -0.153. The molecule has 16 heavy (non-hydrogen) atoms. The highest BCUT2D eigenvalue weighted by atomic mass is 32.2. The number of carbonyl (C=O) groups is 2. The van der Waals surface area contributed by atoms with Gasteiger partial charge in [-0.15, -0.1) is 0 Å². The third-order valence-corrected chi connectivity index (χ3v) is 2.93. The molecule has 1 amide bonds. The van der Waals surface area contributed by atoms with E-state index in [1.807, 2.05) is 18.4 Å². The molecule has 6 nitrogen and oxygen atoms in total. The van der Waals surface area contributed by atoms with Gasteiger partial charge in [-0.2, -0.15) is 0 Å². The van der Waals surface area contributed by atoms with Crippen molar-refractivity contribution in [1.29, 1.82) is 0 Å². The second kappa shape index (κ2) is 5.33.